The molecule has 4 heteroatoms. The molecule has 0 aliphatic heterocycles. The molecule has 0 fully saturated rings. The second kappa shape index (κ2) is 6.01. The van der Waals surface area contributed by atoms with E-state index in [2.05, 4.69) is 24.3 Å². The van der Waals surface area contributed by atoms with Gasteiger partial charge in [0, 0.05) is 25.7 Å². The Bertz CT molecular complexity index is 307. The number of hydrogen-bond donors (Lipinski definition) is 2. The van der Waals surface area contributed by atoms with Crippen LogP contribution in [0.15, 0.2) is 12.4 Å². The van der Waals surface area contributed by atoms with Crippen molar-refractivity contribution < 1.29 is 5.11 Å². The van der Waals surface area contributed by atoms with Crippen LogP contribution in [-0.2, 0) is 13.0 Å². The molecule has 4 nitrogen and oxygen atoms in total. The highest BCUT2D eigenvalue weighted by Gasteiger charge is 2.20. The highest BCUT2D eigenvalue weighted by Crippen LogP contribution is 2.11. The summed E-state index contributed by atoms with van der Waals surface area (Å²) in [5.41, 5.74) is 0.390. The van der Waals surface area contributed by atoms with E-state index in [1.165, 1.54) is 0 Å². The first-order chi connectivity index (χ1) is 7.57. The lowest BCUT2D eigenvalue weighted by Crippen LogP contribution is -2.39. The molecule has 2 N–H and O–H groups in total. The molecule has 1 aromatic rings. The first-order valence-electron chi connectivity index (χ1n) is 6.02. The number of rotatable bonds is 7. The van der Waals surface area contributed by atoms with Crippen molar-refractivity contribution in [1.82, 2.24) is 15.1 Å². The molecule has 0 aliphatic rings. The zero-order chi connectivity index (χ0) is 12.0. The summed E-state index contributed by atoms with van der Waals surface area (Å²) in [7, 11) is 0. The van der Waals surface area contributed by atoms with Gasteiger partial charge in [0.2, 0.25) is 0 Å². The molecule has 1 unspecified atom stereocenters. The number of aromatic nitrogens is 2. The summed E-state index contributed by atoms with van der Waals surface area (Å²) in [4.78, 5) is 0. The van der Waals surface area contributed by atoms with Crippen LogP contribution in [0.2, 0.25) is 0 Å². The highest BCUT2D eigenvalue weighted by atomic mass is 16.3. The monoisotopic (exact) mass is 225 g/mol. The van der Waals surface area contributed by atoms with Crippen molar-refractivity contribution in [2.45, 2.75) is 45.8 Å². The van der Waals surface area contributed by atoms with Gasteiger partial charge in [-0.05, 0) is 32.4 Å². The Balaban J connectivity index is 2.44. The molecule has 1 atom stereocenters. The van der Waals surface area contributed by atoms with E-state index in [0.717, 1.165) is 25.1 Å². The van der Waals surface area contributed by atoms with Crippen LogP contribution in [0.5, 0.6) is 0 Å². The van der Waals surface area contributed by atoms with Crippen LogP contribution in [0.4, 0.5) is 0 Å². The smallest absolute Gasteiger partial charge is 0.0784 e. The Hall–Kier alpha value is -0.870. The predicted molar refractivity (Wildman–Crippen MR) is 65.4 cm³/mol. The van der Waals surface area contributed by atoms with Crippen LogP contribution in [0.25, 0.3) is 0 Å². The van der Waals surface area contributed by atoms with Gasteiger partial charge in [-0.1, -0.05) is 6.92 Å². The quantitative estimate of drug-likeness (QED) is 0.685. The van der Waals surface area contributed by atoms with E-state index in [1.54, 1.807) is 0 Å². The number of nitrogens with one attached hydrogen (secondary N) is 1. The third kappa shape index (κ3) is 4.33. The van der Waals surface area contributed by atoms with Gasteiger partial charge < -0.3 is 10.4 Å². The third-order valence-corrected chi connectivity index (χ3v) is 2.53. The van der Waals surface area contributed by atoms with Crippen molar-refractivity contribution in [1.29, 1.82) is 0 Å². The van der Waals surface area contributed by atoms with Gasteiger partial charge in [-0.3, -0.25) is 4.68 Å². The van der Waals surface area contributed by atoms with Crippen LogP contribution in [0, 0.1) is 0 Å². The summed E-state index contributed by atoms with van der Waals surface area (Å²) >= 11 is 0. The fourth-order valence-electron chi connectivity index (χ4n) is 1.71. The summed E-state index contributed by atoms with van der Waals surface area (Å²) < 4.78 is 1.88. The van der Waals surface area contributed by atoms with E-state index >= 15 is 0 Å². The van der Waals surface area contributed by atoms with E-state index in [0.29, 0.717) is 13.0 Å². The normalized spacial score (nSPS) is 15.0. The third-order valence-electron chi connectivity index (χ3n) is 2.53. The molecule has 0 saturated carbocycles. The Kier molecular flexibility index (Phi) is 4.96. The second-order valence-electron chi connectivity index (χ2n) is 4.55. The van der Waals surface area contributed by atoms with Gasteiger partial charge >= 0.3 is 0 Å². The Morgan fingerprint density at radius 1 is 1.50 bits per heavy atom. The maximum atomic E-state index is 10.2. The summed E-state index contributed by atoms with van der Waals surface area (Å²) in [5.74, 6) is 0. The fourth-order valence-corrected chi connectivity index (χ4v) is 1.71. The molecule has 0 spiro atoms. The molecule has 92 valence electrons. The maximum absolute atomic E-state index is 10.2. The average Bonchev–Trinajstić information content (AvgIpc) is 2.65. The van der Waals surface area contributed by atoms with E-state index in [4.69, 9.17) is 0 Å². The largest absolute Gasteiger partial charge is 0.389 e. The molecular weight excluding hydrogens is 202 g/mol. The molecule has 0 radical (unpaired) electrons. The summed E-state index contributed by atoms with van der Waals surface area (Å²) in [6.45, 7) is 8.47. The van der Waals surface area contributed by atoms with Gasteiger partial charge in [0.15, 0.2) is 0 Å². The molecule has 0 amide bonds. The van der Waals surface area contributed by atoms with Gasteiger partial charge in [-0.2, -0.15) is 5.10 Å². The first-order valence-corrected chi connectivity index (χ1v) is 6.02. The Morgan fingerprint density at radius 2 is 2.25 bits per heavy atom. The number of nitrogens with zero attached hydrogens (tertiary/aromatic N) is 2. The van der Waals surface area contributed by atoms with E-state index in [9.17, 15) is 5.11 Å². The zero-order valence-electron chi connectivity index (χ0n) is 10.5. The molecule has 0 aliphatic carbocycles. The van der Waals surface area contributed by atoms with Crippen molar-refractivity contribution in [3.05, 3.63) is 18.0 Å². The fraction of sp³-hybridized carbons (Fsp3) is 0.750. The van der Waals surface area contributed by atoms with Crippen LogP contribution in [0.3, 0.4) is 0 Å². The number of aryl methyl sites for hydroxylation is 1. The van der Waals surface area contributed by atoms with Gasteiger partial charge in [0.25, 0.3) is 0 Å². The summed E-state index contributed by atoms with van der Waals surface area (Å²) in [6, 6.07) is 0. The lowest BCUT2D eigenvalue weighted by Gasteiger charge is -2.23. The maximum Gasteiger partial charge on any atom is 0.0784 e. The van der Waals surface area contributed by atoms with Crippen LogP contribution in [-0.4, -0.2) is 33.6 Å². The Morgan fingerprint density at radius 3 is 2.81 bits per heavy atom. The molecule has 1 heterocycles. The average molecular weight is 225 g/mol. The SMILES string of the molecule is CCCNCC(C)(O)Cc1cnn(CC)c1. The van der Waals surface area contributed by atoms with E-state index in [1.807, 2.05) is 24.0 Å². The highest BCUT2D eigenvalue weighted by molar-refractivity contribution is 5.08. The van der Waals surface area contributed by atoms with Gasteiger partial charge in [-0.15, -0.1) is 0 Å². The Labute approximate surface area is 97.7 Å². The minimum absolute atomic E-state index is 0.623. The lowest BCUT2D eigenvalue weighted by atomic mass is 9.98. The van der Waals surface area contributed by atoms with Crippen molar-refractivity contribution in [3.63, 3.8) is 0 Å². The molecule has 0 aromatic carbocycles. The molecule has 0 saturated heterocycles. The number of hydrogen-bond acceptors (Lipinski definition) is 3. The van der Waals surface area contributed by atoms with Gasteiger partial charge in [0.1, 0.15) is 0 Å². The second-order valence-corrected chi connectivity index (χ2v) is 4.55. The lowest BCUT2D eigenvalue weighted by molar-refractivity contribution is 0.0603. The van der Waals surface area contributed by atoms with Gasteiger partial charge in [0.05, 0.1) is 11.8 Å². The minimum Gasteiger partial charge on any atom is -0.389 e. The van der Waals surface area contributed by atoms with Crippen molar-refractivity contribution in [3.8, 4) is 0 Å². The van der Waals surface area contributed by atoms with Gasteiger partial charge in [-0.25, -0.2) is 0 Å². The summed E-state index contributed by atoms with van der Waals surface area (Å²) in [5, 5.41) is 17.6. The first kappa shape index (κ1) is 13.2. The van der Waals surface area contributed by atoms with Crippen LogP contribution >= 0.6 is 0 Å². The predicted octanol–water partition coefficient (Wildman–Crippen LogP) is 1.20. The number of aliphatic hydroxyl groups is 1. The molecular formula is C12H23N3O. The topological polar surface area (TPSA) is 50.1 Å². The van der Waals surface area contributed by atoms with Crippen molar-refractivity contribution in [2.75, 3.05) is 13.1 Å². The summed E-state index contributed by atoms with van der Waals surface area (Å²) in [6.07, 6.45) is 5.56. The van der Waals surface area contributed by atoms with E-state index < -0.39 is 5.60 Å². The molecule has 1 rings (SSSR count). The minimum atomic E-state index is -0.698. The molecule has 0 bridgehead atoms. The molecule has 1 aromatic heterocycles. The van der Waals surface area contributed by atoms with E-state index in [-0.39, 0.29) is 0 Å². The van der Waals surface area contributed by atoms with Crippen LogP contribution in [0.1, 0.15) is 32.8 Å². The standard InChI is InChI=1S/C12H23N3O/c1-4-6-13-10-12(3,16)7-11-8-14-15(5-2)9-11/h8-9,13,16H,4-7,10H2,1-3H3. The zero-order valence-corrected chi connectivity index (χ0v) is 10.5. The van der Waals surface area contributed by atoms with Crippen molar-refractivity contribution >= 4 is 0 Å². The van der Waals surface area contributed by atoms with Crippen molar-refractivity contribution in [2.24, 2.45) is 0 Å². The van der Waals surface area contributed by atoms with Crippen LogP contribution < -0.4 is 5.32 Å². The molecule has 16 heavy (non-hydrogen) atoms.